The van der Waals surface area contributed by atoms with Gasteiger partial charge >= 0.3 is 0 Å². The smallest absolute Gasteiger partial charge is 0.286 e. The van der Waals surface area contributed by atoms with E-state index in [0.717, 1.165) is 28.9 Å². The minimum atomic E-state index is -0.360. The largest absolute Gasteiger partial charge is 0.506 e. The zero-order valence-corrected chi connectivity index (χ0v) is 15.0. The van der Waals surface area contributed by atoms with Gasteiger partial charge in [0, 0.05) is 7.05 Å². The Morgan fingerprint density at radius 3 is 2.62 bits per heavy atom. The van der Waals surface area contributed by atoms with E-state index in [4.69, 9.17) is 4.74 Å². The lowest BCUT2D eigenvalue weighted by Gasteiger charge is -2.18. The molecular weight excluding hydrogens is 354 g/mol. The van der Waals surface area contributed by atoms with Gasteiger partial charge in [-0.2, -0.15) is 0 Å². The summed E-state index contributed by atoms with van der Waals surface area (Å²) < 4.78 is 5.73. The fourth-order valence-corrected chi connectivity index (χ4v) is 3.34. The van der Waals surface area contributed by atoms with Crippen LogP contribution in [0.4, 0.5) is 10.6 Å². The number of carbonyl (C=O) groups excluding carboxylic acids is 2. The summed E-state index contributed by atoms with van der Waals surface area (Å²) in [5.74, 6) is 1.39. The van der Waals surface area contributed by atoms with Crippen molar-refractivity contribution in [1.82, 2.24) is 10.3 Å². The molecule has 1 aromatic heterocycles. The first kappa shape index (κ1) is 18.1. The molecule has 0 saturated carbocycles. The molecular formula is C18H19N3O4S. The number of amides is 2. The Bertz CT molecular complexity index is 780. The van der Waals surface area contributed by atoms with Gasteiger partial charge in [-0.3, -0.25) is 14.9 Å². The number of rotatable bonds is 7. The third-order valence-corrected chi connectivity index (χ3v) is 4.91. The third kappa shape index (κ3) is 4.66. The molecule has 26 heavy (non-hydrogen) atoms. The molecule has 3 rings (SSSR count). The number of nitrogens with one attached hydrogen (secondary N) is 1. The van der Waals surface area contributed by atoms with Crippen LogP contribution in [0.15, 0.2) is 42.6 Å². The fourth-order valence-electron chi connectivity index (χ4n) is 2.48. The Morgan fingerprint density at radius 1 is 1.23 bits per heavy atom. The molecule has 2 heterocycles. The van der Waals surface area contributed by atoms with E-state index in [1.807, 2.05) is 36.2 Å². The molecule has 1 fully saturated rings. The van der Waals surface area contributed by atoms with E-state index in [1.54, 1.807) is 12.1 Å². The van der Waals surface area contributed by atoms with Crippen LogP contribution in [0.2, 0.25) is 0 Å². The zero-order valence-electron chi connectivity index (χ0n) is 14.2. The molecule has 1 aliphatic heterocycles. The molecule has 0 radical (unpaired) electrons. The number of imide groups is 1. The quantitative estimate of drug-likeness (QED) is 0.769. The summed E-state index contributed by atoms with van der Waals surface area (Å²) in [5.41, 5.74) is 0.977. The topological polar surface area (TPSA) is 91.8 Å². The summed E-state index contributed by atoms with van der Waals surface area (Å²) >= 11 is 1.03. The van der Waals surface area contributed by atoms with Gasteiger partial charge in [0.25, 0.3) is 5.24 Å². The van der Waals surface area contributed by atoms with Gasteiger partial charge in [0.15, 0.2) is 0 Å². The molecule has 0 unspecified atom stereocenters. The molecule has 2 N–H and O–H groups in total. The van der Waals surface area contributed by atoms with Crippen LogP contribution in [0, 0.1) is 0 Å². The van der Waals surface area contributed by atoms with Crippen molar-refractivity contribution in [2.75, 3.05) is 25.1 Å². The summed E-state index contributed by atoms with van der Waals surface area (Å²) in [5, 5.41) is 10.9. The first-order valence-electron chi connectivity index (χ1n) is 8.10. The summed E-state index contributed by atoms with van der Waals surface area (Å²) in [4.78, 5) is 28.9. The van der Waals surface area contributed by atoms with E-state index < -0.39 is 0 Å². The predicted octanol–water partition coefficient (Wildman–Crippen LogP) is 2.20. The number of pyridine rings is 1. The monoisotopic (exact) mass is 373 g/mol. The van der Waals surface area contributed by atoms with E-state index in [0.29, 0.717) is 19.6 Å². The lowest BCUT2D eigenvalue weighted by Crippen LogP contribution is -2.25. The van der Waals surface area contributed by atoms with Gasteiger partial charge in [0.2, 0.25) is 5.91 Å². The van der Waals surface area contributed by atoms with Crippen molar-refractivity contribution in [2.45, 2.75) is 11.7 Å². The van der Waals surface area contributed by atoms with Crippen molar-refractivity contribution in [3.8, 4) is 11.5 Å². The van der Waals surface area contributed by atoms with Crippen LogP contribution in [-0.2, 0) is 11.2 Å². The van der Waals surface area contributed by atoms with Crippen LogP contribution in [-0.4, -0.2) is 46.7 Å². The van der Waals surface area contributed by atoms with Gasteiger partial charge in [-0.05, 0) is 36.2 Å². The predicted molar refractivity (Wildman–Crippen MR) is 99.7 cm³/mol. The number of hydrogen-bond donors (Lipinski definition) is 2. The van der Waals surface area contributed by atoms with E-state index in [1.165, 1.54) is 6.20 Å². The van der Waals surface area contributed by atoms with Gasteiger partial charge in [-0.25, -0.2) is 4.98 Å². The number of likely N-dealkylation sites (N-methyl/N-ethyl adjacent to an activating group) is 1. The highest BCUT2D eigenvalue weighted by molar-refractivity contribution is 8.15. The molecule has 136 valence electrons. The molecule has 1 aromatic carbocycles. The van der Waals surface area contributed by atoms with Crippen molar-refractivity contribution in [3.63, 3.8) is 0 Å². The molecule has 0 bridgehead atoms. The number of nitrogens with zero attached hydrogens (tertiary/aromatic N) is 2. The normalized spacial score (nSPS) is 16.4. The third-order valence-electron chi connectivity index (χ3n) is 3.93. The highest BCUT2D eigenvalue weighted by atomic mass is 32.2. The minimum absolute atomic E-state index is 0.136. The van der Waals surface area contributed by atoms with Crippen molar-refractivity contribution in [2.24, 2.45) is 0 Å². The lowest BCUT2D eigenvalue weighted by molar-refractivity contribution is -0.118. The zero-order chi connectivity index (χ0) is 18.5. The second-order valence-electron chi connectivity index (χ2n) is 5.88. The standard InChI is InChI=1S/C18H19N3O4S/c1-21(16-7-4-13(22)11-19-16)8-9-25-14-5-2-12(3-6-14)10-15-17(23)20-18(24)26-15/h2-7,11,15,22H,8-10H2,1H3,(H,20,23,24)/t15-/m1/s1. The molecule has 1 aliphatic rings. The Labute approximate surface area is 155 Å². The van der Waals surface area contributed by atoms with Crippen molar-refractivity contribution >= 4 is 28.7 Å². The number of carbonyl (C=O) groups is 2. The number of anilines is 1. The average Bonchev–Trinajstić information content (AvgIpc) is 2.94. The molecule has 2 amide bonds. The van der Waals surface area contributed by atoms with Gasteiger partial charge < -0.3 is 14.7 Å². The van der Waals surface area contributed by atoms with Crippen LogP contribution >= 0.6 is 11.8 Å². The van der Waals surface area contributed by atoms with E-state index in [9.17, 15) is 14.7 Å². The average molecular weight is 373 g/mol. The van der Waals surface area contributed by atoms with Crippen molar-refractivity contribution in [3.05, 3.63) is 48.2 Å². The maximum atomic E-state index is 11.6. The number of benzene rings is 1. The lowest BCUT2D eigenvalue weighted by atomic mass is 10.1. The Kier molecular flexibility index (Phi) is 5.62. The molecule has 1 atom stereocenters. The number of aromatic hydroxyl groups is 1. The maximum Gasteiger partial charge on any atom is 0.286 e. The summed E-state index contributed by atoms with van der Waals surface area (Å²) in [7, 11) is 1.90. The SMILES string of the molecule is CN(CCOc1ccc(C[C@H]2SC(=O)NC2=O)cc1)c1ccc(O)cn1. The van der Waals surface area contributed by atoms with E-state index >= 15 is 0 Å². The van der Waals surface area contributed by atoms with Crippen LogP contribution in [0.25, 0.3) is 0 Å². The number of thioether (sulfide) groups is 1. The molecule has 7 nitrogen and oxygen atoms in total. The van der Waals surface area contributed by atoms with Gasteiger partial charge in [-0.15, -0.1) is 0 Å². The Hall–Kier alpha value is -2.74. The number of aromatic nitrogens is 1. The van der Waals surface area contributed by atoms with Gasteiger partial charge in [-0.1, -0.05) is 23.9 Å². The van der Waals surface area contributed by atoms with Crippen molar-refractivity contribution in [1.29, 1.82) is 0 Å². The van der Waals surface area contributed by atoms with Gasteiger partial charge in [0.05, 0.1) is 18.0 Å². The first-order valence-corrected chi connectivity index (χ1v) is 8.98. The van der Waals surface area contributed by atoms with E-state index in [-0.39, 0.29) is 22.1 Å². The Balaban J connectivity index is 1.46. The Morgan fingerprint density at radius 2 is 2.00 bits per heavy atom. The molecule has 8 heteroatoms. The van der Waals surface area contributed by atoms with Gasteiger partial charge in [0.1, 0.15) is 23.9 Å². The molecule has 0 aliphatic carbocycles. The van der Waals surface area contributed by atoms with Crippen LogP contribution in [0.1, 0.15) is 5.56 Å². The van der Waals surface area contributed by atoms with E-state index in [2.05, 4.69) is 10.3 Å². The number of ether oxygens (including phenoxy) is 1. The van der Waals surface area contributed by atoms with Crippen LogP contribution in [0.3, 0.4) is 0 Å². The van der Waals surface area contributed by atoms with Crippen LogP contribution < -0.4 is 15.0 Å². The molecule has 0 spiro atoms. The summed E-state index contributed by atoms with van der Waals surface area (Å²) in [6.45, 7) is 1.12. The highest BCUT2D eigenvalue weighted by Gasteiger charge is 2.31. The highest BCUT2D eigenvalue weighted by Crippen LogP contribution is 2.24. The fraction of sp³-hybridized carbons (Fsp3) is 0.278. The summed E-state index contributed by atoms with van der Waals surface area (Å²) in [6.07, 6.45) is 1.92. The summed E-state index contributed by atoms with van der Waals surface area (Å²) in [6, 6.07) is 10.8. The maximum absolute atomic E-state index is 11.6. The van der Waals surface area contributed by atoms with Crippen LogP contribution in [0.5, 0.6) is 11.5 Å². The van der Waals surface area contributed by atoms with Crippen molar-refractivity contribution < 1.29 is 19.4 Å². The first-order chi connectivity index (χ1) is 12.5. The molecule has 1 saturated heterocycles. The second-order valence-corrected chi connectivity index (χ2v) is 7.05. The number of hydrogen-bond acceptors (Lipinski definition) is 7. The molecule has 2 aromatic rings. The minimum Gasteiger partial charge on any atom is -0.506 e. The second kappa shape index (κ2) is 8.09.